The molecule has 2 aliphatic rings. The molecule has 2 N–H and O–H groups in total. The van der Waals surface area contributed by atoms with Crippen LogP contribution in [-0.2, 0) is 0 Å². The van der Waals surface area contributed by atoms with Gasteiger partial charge in [-0.2, -0.15) is 0 Å². The van der Waals surface area contributed by atoms with E-state index in [-0.39, 0.29) is 6.10 Å². The summed E-state index contributed by atoms with van der Waals surface area (Å²) in [6.07, 6.45) is 7.90. The molecule has 2 heteroatoms. The number of aliphatic hydroxyl groups is 1. The van der Waals surface area contributed by atoms with Crippen LogP contribution in [0.4, 0.5) is 0 Å². The predicted octanol–water partition coefficient (Wildman–Crippen LogP) is 3.20. The second-order valence-corrected chi connectivity index (χ2v) is 7.65. The van der Waals surface area contributed by atoms with Crippen molar-refractivity contribution in [2.45, 2.75) is 65.4 Å². The van der Waals surface area contributed by atoms with Crippen molar-refractivity contribution in [1.29, 1.82) is 0 Å². The van der Waals surface area contributed by atoms with Gasteiger partial charge < -0.3 is 10.4 Å². The van der Waals surface area contributed by atoms with Gasteiger partial charge in [0.1, 0.15) is 0 Å². The number of nitrogens with one attached hydrogen (secondary N) is 1. The summed E-state index contributed by atoms with van der Waals surface area (Å²) in [5.41, 5.74) is 0.487. The van der Waals surface area contributed by atoms with E-state index in [9.17, 15) is 5.11 Å². The van der Waals surface area contributed by atoms with Gasteiger partial charge in [-0.3, -0.25) is 0 Å². The summed E-state index contributed by atoms with van der Waals surface area (Å²) in [5, 5.41) is 13.3. The summed E-state index contributed by atoms with van der Waals surface area (Å²) in [6.45, 7) is 9.05. The van der Waals surface area contributed by atoms with Crippen molar-refractivity contribution in [2.24, 2.45) is 23.2 Å². The zero-order valence-electron chi connectivity index (χ0n) is 12.4. The van der Waals surface area contributed by atoms with Crippen molar-refractivity contribution < 1.29 is 5.11 Å². The molecule has 0 aromatic heterocycles. The van der Waals surface area contributed by atoms with Crippen molar-refractivity contribution in [1.82, 2.24) is 5.32 Å². The highest BCUT2D eigenvalue weighted by molar-refractivity contribution is 4.84. The molecule has 0 amide bonds. The van der Waals surface area contributed by atoms with Gasteiger partial charge in [-0.1, -0.05) is 20.8 Å². The Bertz CT molecular complexity index is 246. The standard InChI is InChI=1S/C16H31NO/c1-16(2,3)14-8-4-12(5-9-14)10-17-11-15(18)13-6-7-13/h12-15,17-18H,4-11H2,1-3H3. The van der Waals surface area contributed by atoms with Crippen LogP contribution in [0.25, 0.3) is 0 Å². The molecule has 0 saturated heterocycles. The molecule has 0 aromatic carbocycles. The molecule has 0 bridgehead atoms. The molecule has 0 aliphatic heterocycles. The summed E-state index contributed by atoms with van der Waals surface area (Å²) in [4.78, 5) is 0. The molecule has 2 rings (SSSR count). The molecule has 2 aliphatic carbocycles. The topological polar surface area (TPSA) is 32.3 Å². The van der Waals surface area contributed by atoms with Crippen molar-refractivity contribution in [3.05, 3.63) is 0 Å². The molecule has 18 heavy (non-hydrogen) atoms. The van der Waals surface area contributed by atoms with Crippen LogP contribution in [0.5, 0.6) is 0 Å². The Morgan fingerprint density at radius 1 is 1.06 bits per heavy atom. The maximum atomic E-state index is 9.80. The van der Waals surface area contributed by atoms with Crippen molar-refractivity contribution in [2.75, 3.05) is 13.1 Å². The molecule has 2 nitrogen and oxygen atoms in total. The minimum Gasteiger partial charge on any atom is -0.392 e. The first-order valence-corrected chi connectivity index (χ1v) is 7.85. The predicted molar refractivity (Wildman–Crippen MR) is 76.5 cm³/mol. The maximum absolute atomic E-state index is 9.80. The number of hydrogen-bond acceptors (Lipinski definition) is 2. The van der Waals surface area contributed by atoms with E-state index >= 15 is 0 Å². The first-order chi connectivity index (χ1) is 8.47. The van der Waals surface area contributed by atoms with E-state index in [1.165, 1.54) is 38.5 Å². The van der Waals surface area contributed by atoms with E-state index in [1.807, 2.05) is 0 Å². The highest BCUT2D eigenvalue weighted by atomic mass is 16.3. The van der Waals surface area contributed by atoms with Gasteiger partial charge in [0.05, 0.1) is 6.10 Å². The Morgan fingerprint density at radius 3 is 2.17 bits per heavy atom. The Labute approximate surface area is 113 Å². The lowest BCUT2D eigenvalue weighted by Gasteiger charge is -2.37. The minimum atomic E-state index is -0.0871. The zero-order valence-corrected chi connectivity index (χ0v) is 12.4. The van der Waals surface area contributed by atoms with Gasteiger partial charge in [0.15, 0.2) is 0 Å². The Morgan fingerprint density at radius 2 is 1.67 bits per heavy atom. The lowest BCUT2D eigenvalue weighted by molar-refractivity contribution is 0.133. The van der Waals surface area contributed by atoms with Crippen LogP contribution in [0, 0.1) is 23.2 Å². The van der Waals surface area contributed by atoms with Crippen LogP contribution in [0.15, 0.2) is 0 Å². The molecule has 1 unspecified atom stereocenters. The first-order valence-electron chi connectivity index (χ1n) is 7.85. The smallest absolute Gasteiger partial charge is 0.0692 e. The number of aliphatic hydroxyl groups excluding tert-OH is 1. The summed E-state index contributed by atoms with van der Waals surface area (Å²) >= 11 is 0. The second kappa shape index (κ2) is 5.92. The molecule has 0 heterocycles. The average Bonchev–Trinajstić information content (AvgIpc) is 3.12. The van der Waals surface area contributed by atoms with Crippen LogP contribution in [0.3, 0.4) is 0 Å². The molecular weight excluding hydrogens is 222 g/mol. The van der Waals surface area contributed by atoms with E-state index in [4.69, 9.17) is 0 Å². The highest BCUT2D eigenvalue weighted by Crippen LogP contribution is 2.39. The molecule has 1 atom stereocenters. The van der Waals surface area contributed by atoms with Crippen LogP contribution in [-0.4, -0.2) is 24.3 Å². The van der Waals surface area contributed by atoms with Gasteiger partial charge in [-0.05, 0) is 68.2 Å². The molecule has 0 aromatic rings. The molecule has 106 valence electrons. The van der Waals surface area contributed by atoms with Crippen LogP contribution >= 0.6 is 0 Å². The van der Waals surface area contributed by atoms with Crippen LogP contribution < -0.4 is 5.32 Å². The third-order valence-electron chi connectivity index (χ3n) is 5.02. The minimum absolute atomic E-state index is 0.0871. The fraction of sp³-hybridized carbons (Fsp3) is 1.00. The largest absolute Gasteiger partial charge is 0.392 e. The summed E-state index contributed by atoms with van der Waals surface area (Å²) in [7, 11) is 0. The molecule has 0 radical (unpaired) electrons. The van der Waals surface area contributed by atoms with Gasteiger partial charge in [0.2, 0.25) is 0 Å². The highest BCUT2D eigenvalue weighted by Gasteiger charge is 2.31. The Hall–Kier alpha value is -0.0800. The Balaban J connectivity index is 1.58. The SMILES string of the molecule is CC(C)(C)C1CCC(CNCC(O)C2CC2)CC1. The lowest BCUT2D eigenvalue weighted by atomic mass is 9.70. The van der Waals surface area contributed by atoms with E-state index < -0.39 is 0 Å². The fourth-order valence-electron chi connectivity index (χ4n) is 3.32. The Kier molecular flexibility index (Phi) is 4.71. The molecule has 2 saturated carbocycles. The van der Waals surface area contributed by atoms with Gasteiger partial charge >= 0.3 is 0 Å². The zero-order chi connectivity index (χ0) is 13.2. The number of hydrogen-bond donors (Lipinski definition) is 2. The molecule has 2 fully saturated rings. The maximum Gasteiger partial charge on any atom is 0.0692 e. The quantitative estimate of drug-likeness (QED) is 0.788. The average molecular weight is 253 g/mol. The summed E-state index contributed by atoms with van der Waals surface area (Å²) < 4.78 is 0. The molecule has 0 spiro atoms. The second-order valence-electron chi connectivity index (χ2n) is 7.65. The third kappa shape index (κ3) is 4.24. The summed E-state index contributed by atoms with van der Waals surface area (Å²) in [5.74, 6) is 2.36. The van der Waals surface area contributed by atoms with Crippen molar-refractivity contribution >= 4 is 0 Å². The van der Waals surface area contributed by atoms with E-state index in [2.05, 4.69) is 26.1 Å². The van der Waals surface area contributed by atoms with E-state index in [0.29, 0.717) is 11.3 Å². The normalized spacial score (nSPS) is 31.3. The summed E-state index contributed by atoms with van der Waals surface area (Å²) in [6, 6.07) is 0. The van der Waals surface area contributed by atoms with Gasteiger partial charge in [-0.15, -0.1) is 0 Å². The monoisotopic (exact) mass is 253 g/mol. The van der Waals surface area contributed by atoms with Crippen molar-refractivity contribution in [3.8, 4) is 0 Å². The lowest BCUT2D eigenvalue weighted by Crippen LogP contribution is -2.34. The van der Waals surface area contributed by atoms with Gasteiger partial charge in [0, 0.05) is 6.54 Å². The van der Waals surface area contributed by atoms with Crippen LogP contribution in [0.2, 0.25) is 0 Å². The molecular formula is C16H31NO. The fourth-order valence-corrected chi connectivity index (χ4v) is 3.32. The van der Waals surface area contributed by atoms with Gasteiger partial charge in [0.25, 0.3) is 0 Å². The van der Waals surface area contributed by atoms with E-state index in [1.54, 1.807) is 0 Å². The van der Waals surface area contributed by atoms with Crippen LogP contribution in [0.1, 0.15) is 59.3 Å². The van der Waals surface area contributed by atoms with Crippen molar-refractivity contribution in [3.63, 3.8) is 0 Å². The van der Waals surface area contributed by atoms with E-state index in [0.717, 1.165) is 24.9 Å². The van der Waals surface area contributed by atoms with Gasteiger partial charge in [-0.25, -0.2) is 0 Å². The first kappa shape index (κ1) is 14.3. The third-order valence-corrected chi connectivity index (χ3v) is 5.02. The number of rotatable bonds is 5.